The molecule has 2 rings (SSSR count). The quantitative estimate of drug-likeness (QED) is 0.759. The van der Waals surface area contributed by atoms with E-state index in [1.807, 2.05) is 10.8 Å². The molecule has 8 nitrogen and oxygen atoms in total. The highest BCUT2D eigenvalue weighted by Crippen LogP contribution is 2.12. The number of imidazole rings is 1. The average Bonchev–Trinajstić information content (AvgIpc) is 2.97. The third-order valence-corrected chi connectivity index (χ3v) is 2.75. The summed E-state index contributed by atoms with van der Waals surface area (Å²) in [5.74, 6) is 1.01. The predicted molar refractivity (Wildman–Crippen MR) is 80.5 cm³/mol. The van der Waals surface area contributed by atoms with Crippen LogP contribution in [0.3, 0.4) is 0 Å². The molecule has 0 saturated carbocycles. The SMILES string of the molecule is CCCNc1nc(NC(C)Cn2ccnc2)nc(OC)n1. The van der Waals surface area contributed by atoms with E-state index >= 15 is 0 Å². The molecule has 0 radical (unpaired) electrons. The molecule has 2 aromatic rings. The largest absolute Gasteiger partial charge is 0.467 e. The maximum atomic E-state index is 5.11. The number of hydrogen-bond acceptors (Lipinski definition) is 7. The highest BCUT2D eigenvalue weighted by molar-refractivity contribution is 5.36. The van der Waals surface area contributed by atoms with Gasteiger partial charge < -0.3 is 19.9 Å². The Morgan fingerprint density at radius 1 is 1.29 bits per heavy atom. The van der Waals surface area contributed by atoms with Gasteiger partial charge in [0, 0.05) is 31.5 Å². The second kappa shape index (κ2) is 7.41. The van der Waals surface area contributed by atoms with E-state index in [1.165, 1.54) is 7.11 Å². The van der Waals surface area contributed by atoms with Crippen molar-refractivity contribution in [2.75, 3.05) is 24.3 Å². The summed E-state index contributed by atoms with van der Waals surface area (Å²) in [6.07, 6.45) is 6.44. The van der Waals surface area contributed by atoms with Gasteiger partial charge in [-0.25, -0.2) is 4.98 Å². The number of aromatic nitrogens is 5. The first-order chi connectivity index (χ1) is 10.2. The maximum absolute atomic E-state index is 5.11. The summed E-state index contributed by atoms with van der Waals surface area (Å²) >= 11 is 0. The van der Waals surface area contributed by atoms with Crippen LogP contribution in [0.1, 0.15) is 20.3 Å². The Kier molecular flexibility index (Phi) is 5.30. The van der Waals surface area contributed by atoms with Crippen LogP contribution in [0.4, 0.5) is 11.9 Å². The van der Waals surface area contributed by atoms with E-state index in [9.17, 15) is 0 Å². The van der Waals surface area contributed by atoms with Gasteiger partial charge in [0.15, 0.2) is 0 Å². The zero-order chi connectivity index (χ0) is 15.1. The van der Waals surface area contributed by atoms with Crippen LogP contribution in [0.5, 0.6) is 6.01 Å². The number of methoxy groups -OCH3 is 1. The third kappa shape index (κ3) is 4.59. The van der Waals surface area contributed by atoms with Crippen LogP contribution in [0.25, 0.3) is 0 Å². The van der Waals surface area contributed by atoms with E-state index in [2.05, 4.69) is 44.4 Å². The van der Waals surface area contributed by atoms with Crippen molar-refractivity contribution >= 4 is 11.9 Å². The summed E-state index contributed by atoms with van der Waals surface area (Å²) in [7, 11) is 1.54. The first kappa shape index (κ1) is 15.0. The van der Waals surface area contributed by atoms with Gasteiger partial charge in [-0.2, -0.15) is 15.0 Å². The molecule has 1 unspecified atom stereocenters. The Labute approximate surface area is 124 Å². The minimum Gasteiger partial charge on any atom is -0.467 e. The molecule has 0 aliphatic rings. The van der Waals surface area contributed by atoms with Crippen LogP contribution >= 0.6 is 0 Å². The third-order valence-electron chi connectivity index (χ3n) is 2.75. The number of nitrogens with one attached hydrogen (secondary N) is 2. The Morgan fingerprint density at radius 3 is 2.76 bits per heavy atom. The molecule has 21 heavy (non-hydrogen) atoms. The van der Waals surface area contributed by atoms with Gasteiger partial charge in [0.1, 0.15) is 0 Å². The Bertz CT molecular complexity index is 543. The predicted octanol–water partition coefficient (Wildman–Crippen LogP) is 1.40. The normalized spacial score (nSPS) is 12.0. The first-order valence-electron chi connectivity index (χ1n) is 6.97. The fourth-order valence-electron chi connectivity index (χ4n) is 1.81. The van der Waals surface area contributed by atoms with Crippen molar-refractivity contribution in [1.82, 2.24) is 24.5 Å². The summed E-state index contributed by atoms with van der Waals surface area (Å²) in [5, 5.41) is 6.37. The standard InChI is InChI=1S/C13H21N7O/c1-4-5-15-11-17-12(19-13(18-11)21-3)16-10(2)8-20-7-6-14-9-20/h6-7,9-10H,4-5,8H2,1-3H3,(H2,15,16,17,18,19). The van der Waals surface area contributed by atoms with Crippen LogP contribution in [-0.2, 0) is 6.54 Å². The molecule has 0 aliphatic heterocycles. The zero-order valence-corrected chi connectivity index (χ0v) is 12.6. The molecule has 0 spiro atoms. The molecule has 0 aromatic carbocycles. The zero-order valence-electron chi connectivity index (χ0n) is 12.6. The molecule has 2 heterocycles. The lowest BCUT2D eigenvalue weighted by molar-refractivity contribution is 0.379. The van der Waals surface area contributed by atoms with Gasteiger partial charge in [-0.1, -0.05) is 6.92 Å². The van der Waals surface area contributed by atoms with E-state index < -0.39 is 0 Å². The van der Waals surface area contributed by atoms with Gasteiger partial charge >= 0.3 is 6.01 Å². The van der Waals surface area contributed by atoms with Crippen LogP contribution in [-0.4, -0.2) is 44.2 Å². The molecule has 8 heteroatoms. The van der Waals surface area contributed by atoms with Crippen molar-refractivity contribution in [2.24, 2.45) is 0 Å². The second-order valence-electron chi connectivity index (χ2n) is 4.70. The molecule has 114 valence electrons. The Balaban J connectivity index is 2.03. The van der Waals surface area contributed by atoms with E-state index in [-0.39, 0.29) is 6.04 Å². The summed E-state index contributed by atoms with van der Waals surface area (Å²) < 4.78 is 7.10. The summed E-state index contributed by atoms with van der Waals surface area (Å²) in [6.45, 7) is 5.70. The number of nitrogens with zero attached hydrogens (tertiary/aromatic N) is 5. The molecule has 2 aromatic heterocycles. The Morgan fingerprint density at radius 2 is 2.10 bits per heavy atom. The highest BCUT2D eigenvalue weighted by atomic mass is 16.5. The van der Waals surface area contributed by atoms with Gasteiger partial charge in [0.2, 0.25) is 11.9 Å². The van der Waals surface area contributed by atoms with Crippen molar-refractivity contribution in [2.45, 2.75) is 32.9 Å². The summed E-state index contributed by atoms with van der Waals surface area (Å²) in [5.41, 5.74) is 0. The minimum absolute atomic E-state index is 0.144. The molecular formula is C13H21N7O. The lowest BCUT2D eigenvalue weighted by Gasteiger charge is -2.15. The first-order valence-corrected chi connectivity index (χ1v) is 6.97. The molecule has 0 bridgehead atoms. The topological polar surface area (TPSA) is 89.8 Å². The summed E-state index contributed by atoms with van der Waals surface area (Å²) in [4.78, 5) is 16.7. The average molecular weight is 291 g/mol. The molecular weight excluding hydrogens is 270 g/mol. The lowest BCUT2D eigenvalue weighted by Crippen LogP contribution is -2.23. The molecule has 2 N–H and O–H groups in total. The molecule has 0 fully saturated rings. The second-order valence-corrected chi connectivity index (χ2v) is 4.70. The van der Waals surface area contributed by atoms with E-state index in [0.29, 0.717) is 17.9 Å². The van der Waals surface area contributed by atoms with Gasteiger partial charge in [-0.05, 0) is 13.3 Å². The van der Waals surface area contributed by atoms with E-state index in [1.54, 1.807) is 12.5 Å². The van der Waals surface area contributed by atoms with Crippen LogP contribution in [0.2, 0.25) is 0 Å². The number of anilines is 2. The minimum atomic E-state index is 0.144. The molecule has 0 amide bonds. The van der Waals surface area contributed by atoms with E-state index in [0.717, 1.165) is 19.5 Å². The van der Waals surface area contributed by atoms with Crippen molar-refractivity contribution in [3.05, 3.63) is 18.7 Å². The molecule has 0 saturated heterocycles. The highest BCUT2D eigenvalue weighted by Gasteiger charge is 2.09. The molecule has 1 atom stereocenters. The lowest BCUT2D eigenvalue weighted by atomic mass is 10.3. The van der Waals surface area contributed by atoms with Crippen molar-refractivity contribution in [3.8, 4) is 6.01 Å². The van der Waals surface area contributed by atoms with Gasteiger partial charge in [-0.3, -0.25) is 0 Å². The van der Waals surface area contributed by atoms with Crippen LogP contribution < -0.4 is 15.4 Å². The molecule has 0 aliphatic carbocycles. The van der Waals surface area contributed by atoms with E-state index in [4.69, 9.17) is 4.74 Å². The number of hydrogen-bond donors (Lipinski definition) is 2. The fourth-order valence-corrected chi connectivity index (χ4v) is 1.81. The Hall–Kier alpha value is -2.38. The smallest absolute Gasteiger partial charge is 0.322 e. The van der Waals surface area contributed by atoms with Crippen LogP contribution in [0.15, 0.2) is 18.7 Å². The van der Waals surface area contributed by atoms with Gasteiger partial charge in [0.05, 0.1) is 13.4 Å². The van der Waals surface area contributed by atoms with Crippen molar-refractivity contribution in [1.29, 1.82) is 0 Å². The van der Waals surface area contributed by atoms with Crippen LogP contribution in [0, 0.1) is 0 Å². The van der Waals surface area contributed by atoms with Gasteiger partial charge in [0.25, 0.3) is 0 Å². The van der Waals surface area contributed by atoms with Crippen molar-refractivity contribution < 1.29 is 4.74 Å². The maximum Gasteiger partial charge on any atom is 0.322 e. The van der Waals surface area contributed by atoms with Crippen molar-refractivity contribution in [3.63, 3.8) is 0 Å². The number of ether oxygens (including phenoxy) is 1. The van der Waals surface area contributed by atoms with Gasteiger partial charge in [-0.15, -0.1) is 0 Å². The fraction of sp³-hybridized carbons (Fsp3) is 0.538. The summed E-state index contributed by atoms with van der Waals surface area (Å²) in [6, 6.07) is 0.436. The monoisotopic (exact) mass is 291 g/mol. The number of rotatable bonds is 8.